The van der Waals surface area contributed by atoms with Crippen molar-refractivity contribution in [3.05, 3.63) is 29.6 Å². The highest BCUT2D eigenvalue weighted by atomic mass is 32.2. The Kier molecular flexibility index (Phi) is 7.66. The van der Waals surface area contributed by atoms with Gasteiger partial charge in [0, 0.05) is 19.1 Å². The summed E-state index contributed by atoms with van der Waals surface area (Å²) in [5.41, 5.74) is -0.528. The SMILES string of the molecule is C[C@H](OC(=O)c1cc(S(=O)(=O)N2CCOCC2)ccc1F)C(=O)N[C@H]1CCCC[C@H]1C. The highest BCUT2D eigenvalue weighted by Crippen LogP contribution is 2.24. The van der Waals surface area contributed by atoms with E-state index >= 15 is 0 Å². The molecule has 0 spiro atoms. The largest absolute Gasteiger partial charge is 0.449 e. The molecule has 8 nitrogen and oxygen atoms in total. The molecule has 1 aromatic rings. The molecule has 1 amide bonds. The quantitative estimate of drug-likeness (QED) is 0.658. The van der Waals surface area contributed by atoms with Gasteiger partial charge in [0.1, 0.15) is 5.82 Å². The molecule has 1 aliphatic carbocycles. The van der Waals surface area contributed by atoms with E-state index in [9.17, 15) is 22.4 Å². The van der Waals surface area contributed by atoms with Crippen molar-refractivity contribution >= 4 is 21.9 Å². The summed E-state index contributed by atoms with van der Waals surface area (Å²) in [5, 5.41) is 2.89. The van der Waals surface area contributed by atoms with Gasteiger partial charge >= 0.3 is 5.97 Å². The molecule has 1 N–H and O–H groups in total. The molecule has 10 heteroatoms. The number of ether oxygens (including phenoxy) is 2. The van der Waals surface area contributed by atoms with E-state index in [1.165, 1.54) is 11.2 Å². The number of amides is 1. The fourth-order valence-electron chi connectivity index (χ4n) is 3.87. The topological polar surface area (TPSA) is 102 Å². The molecule has 0 unspecified atom stereocenters. The van der Waals surface area contributed by atoms with Crippen molar-refractivity contribution in [2.24, 2.45) is 5.92 Å². The Hall–Kier alpha value is -2.04. The molecular formula is C21H29FN2O6S. The van der Waals surface area contributed by atoms with Crippen molar-refractivity contribution in [2.75, 3.05) is 26.3 Å². The van der Waals surface area contributed by atoms with Crippen LogP contribution in [-0.4, -0.2) is 63.0 Å². The summed E-state index contributed by atoms with van der Waals surface area (Å²) < 4.78 is 51.4. The molecule has 1 heterocycles. The number of carbonyl (C=O) groups is 2. The molecule has 0 radical (unpaired) electrons. The lowest BCUT2D eigenvalue weighted by Gasteiger charge is -2.30. The van der Waals surface area contributed by atoms with Crippen molar-refractivity contribution in [1.29, 1.82) is 0 Å². The van der Waals surface area contributed by atoms with Crippen LogP contribution in [-0.2, 0) is 24.3 Å². The van der Waals surface area contributed by atoms with E-state index in [0.717, 1.165) is 43.9 Å². The van der Waals surface area contributed by atoms with Crippen LogP contribution in [0.2, 0.25) is 0 Å². The number of halogens is 1. The van der Waals surface area contributed by atoms with Gasteiger partial charge in [-0.15, -0.1) is 0 Å². The van der Waals surface area contributed by atoms with Crippen LogP contribution in [0.5, 0.6) is 0 Å². The van der Waals surface area contributed by atoms with E-state index in [-0.39, 0.29) is 37.2 Å². The molecule has 1 saturated carbocycles. The summed E-state index contributed by atoms with van der Waals surface area (Å²) in [4.78, 5) is 24.8. The number of nitrogens with zero attached hydrogens (tertiary/aromatic N) is 1. The first-order valence-electron chi connectivity index (χ1n) is 10.6. The zero-order valence-electron chi connectivity index (χ0n) is 17.8. The standard InChI is InChI=1S/C21H29FN2O6S/c1-14-5-3-4-6-19(14)23-20(25)15(2)30-21(26)17-13-16(7-8-18(17)22)31(27,28)24-9-11-29-12-10-24/h7-8,13-15,19H,3-6,9-12H2,1-2H3,(H,23,25)/t14-,15+,19+/m1/s1. The summed E-state index contributed by atoms with van der Waals surface area (Å²) in [5.74, 6) is -2.12. The van der Waals surface area contributed by atoms with Crippen LogP contribution in [0.1, 0.15) is 49.9 Å². The van der Waals surface area contributed by atoms with Crippen molar-refractivity contribution in [1.82, 2.24) is 9.62 Å². The number of nitrogens with one attached hydrogen (secondary N) is 1. The van der Waals surface area contributed by atoms with Gasteiger partial charge in [-0.25, -0.2) is 17.6 Å². The maximum Gasteiger partial charge on any atom is 0.341 e. The van der Waals surface area contributed by atoms with Gasteiger partial charge in [0.25, 0.3) is 5.91 Å². The lowest BCUT2D eigenvalue weighted by molar-refractivity contribution is -0.130. The summed E-state index contributed by atoms with van der Waals surface area (Å²) >= 11 is 0. The van der Waals surface area contributed by atoms with Crippen LogP contribution < -0.4 is 5.32 Å². The Balaban J connectivity index is 1.69. The van der Waals surface area contributed by atoms with Crippen LogP contribution in [0.15, 0.2) is 23.1 Å². The maximum atomic E-state index is 14.3. The average Bonchev–Trinajstić information content (AvgIpc) is 2.76. The Morgan fingerprint density at radius 1 is 1.23 bits per heavy atom. The van der Waals surface area contributed by atoms with E-state index < -0.39 is 39.4 Å². The lowest BCUT2D eigenvalue weighted by Crippen LogP contribution is -2.46. The Labute approximate surface area is 182 Å². The smallest absolute Gasteiger partial charge is 0.341 e. The fourth-order valence-corrected chi connectivity index (χ4v) is 5.30. The second-order valence-electron chi connectivity index (χ2n) is 8.08. The van der Waals surface area contributed by atoms with Gasteiger partial charge in [-0.3, -0.25) is 4.79 Å². The molecule has 31 heavy (non-hydrogen) atoms. The average molecular weight is 457 g/mol. The minimum absolute atomic E-state index is 0.0149. The normalized spacial score (nSPS) is 23.7. The van der Waals surface area contributed by atoms with Crippen molar-refractivity contribution < 1.29 is 31.9 Å². The fraction of sp³-hybridized carbons (Fsp3) is 0.619. The summed E-state index contributed by atoms with van der Waals surface area (Å²) in [7, 11) is -3.91. The van der Waals surface area contributed by atoms with Crippen molar-refractivity contribution in [2.45, 2.75) is 56.6 Å². The summed E-state index contributed by atoms with van der Waals surface area (Å²) in [6.07, 6.45) is 2.90. The van der Waals surface area contributed by atoms with Gasteiger partial charge in [-0.1, -0.05) is 19.8 Å². The number of hydrogen-bond acceptors (Lipinski definition) is 6. The van der Waals surface area contributed by atoms with Gasteiger partial charge < -0.3 is 14.8 Å². The number of hydrogen-bond donors (Lipinski definition) is 1. The third-order valence-corrected chi connectivity index (χ3v) is 7.75. The maximum absolute atomic E-state index is 14.3. The highest BCUT2D eigenvalue weighted by molar-refractivity contribution is 7.89. The van der Waals surface area contributed by atoms with E-state index in [4.69, 9.17) is 9.47 Å². The van der Waals surface area contributed by atoms with Crippen LogP contribution >= 0.6 is 0 Å². The Morgan fingerprint density at radius 3 is 2.58 bits per heavy atom. The van der Waals surface area contributed by atoms with Gasteiger partial charge in [0.05, 0.1) is 23.7 Å². The van der Waals surface area contributed by atoms with E-state index in [1.807, 2.05) is 0 Å². The molecular weight excluding hydrogens is 427 g/mol. The zero-order valence-corrected chi connectivity index (χ0v) is 18.6. The van der Waals surface area contributed by atoms with Crippen LogP contribution in [0.3, 0.4) is 0 Å². The predicted octanol–water partition coefficient (Wildman–Crippen LogP) is 2.09. The molecule has 0 bridgehead atoms. The summed E-state index contributed by atoms with van der Waals surface area (Å²) in [6, 6.07) is 2.99. The second kappa shape index (κ2) is 10.1. The predicted molar refractivity (Wildman–Crippen MR) is 110 cm³/mol. The lowest BCUT2D eigenvalue weighted by atomic mass is 9.86. The number of esters is 1. The minimum atomic E-state index is -3.91. The second-order valence-corrected chi connectivity index (χ2v) is 10.0. The number of rotatable bonds is 6. The first-order valence-corrected chi connectivity index (χ1v) is 12.0. The Bertz CT molecular complexity index is 916. The molecule has 3 atom stereocenters. The van der Waals surface area contributed by atoms with E-state index in [0.29, 0.717) is 5.92 Å². The van der Waals surface area contributed by atoms with Gasteiger partial charge in [0.2, 0.25) is 10.0 Å². The molecule has 2 aliphatic rings. The molecule has 0 aromatic heterocycles. The van der Waals surface area contributed by atoms with Crippen molar-refractivity contribution in [3.63, 3.8) is 0 Å². The molecule has 3 rings (SSSR count). The van der Waals surface area contributed by atoms with Crippen LogP contribution in [0.25, 0.3) is 0 Å². The number of morpholine rings is 1. The number of benzene rings is 1. The zero-order chi connectivity index (χ0) is 22.6. The summed E-state index contributed by atoms with van der Waals surface area (Å²) in [6.45, 7) is 4.36. The minimum Gasteiger partial charge on any atom is -0.449 e. The molecule has 1 aromatic carbocycles. The first kappa shape index (κ1) is 23.6. The van der Waals surface area contributed by atoms with Crippen LogP contribution in [0, 0.1) is 11.7 Å². The van der Waals surface area contributed by atoms with Gasteiger partial charge in [0.15, 0.2) is 6.10 Å². The monoisotopic (exact) mass is 456 g/mol. The molecule has 2 fully saturated rings. The third-order valence-electron chi connectivity index (χ3n) is 5.86. The van der Waals surface area contributed by atoms with Gasteiger partial charge in [-0.05, 0) is 43.9 Å². The van der Waals surface area contributed by atoms with Gasteiger partial charge in [-0.2, -0.15) is 4.31 Å². The number of carbonyl (C=O) groups excluding carboxylic acids is 2. The first-order chi connectivity index (χ1) is 14.7. The van der Waals surface area contributed by atoms with E-state index in [1.54, 1.807) is 0 Å². The van der Waals surface area contributed by atoms with Crippen molar-refractivity contribution in [3.8, 4) is 0 Å². The highest BCUT2D eigenvalue weighted by Gasteiger charge is 2.30. The third kappa shape index (κ3) is 5.61. The van der Waals surface area contributed by atoms with E-state index in [2.05, 4.69) is 12.2 Å². The molecule has 1 aliphatic heterocycles. The molecule has 1 saturated heterocycles. The molecule has 172 valence electrons. The number of sulfonamides is 1. The Morgan fingerprint density at radius 2 is 1.90 bits per heavy atom. The van der Waals surface area contributed by atoms with Crippen LogP contribution in [0.4, 0.5) is 4.39 Å².